The molecule has 0 saturated heterocycles. The molecule has 18 heavy (non-hydrogen) atoms. The fourth-order valence-electron chi connectivity index (χ4n) is 1.85. The molecule has 1 N–H and O–H groups in total. The molecule has 0 amide bonds. The average molecular weight is 245 g/mol. The number of aryl methyl sites for hydroxylation is 1. The molecule has 5 heteroatoms. The lowest BCUT2D eigenvalue weighted by molar-refractivity contribution is -0.385. The van der Waals surface area contributed by atoms with Gasteiger partial charge in [0.05, 0.1) is 4.92 Å². The first kappa shape index (κ1) is 12.3. The molecule has 0 fully saturated rings. The Balaban J connectivity index is 1.96. The van der Waals surface area contributed by atoms with Gasteiger partial charge in [0.2, 0.25) is 0 Å². The summed E-state index contributed by atoms with van der Waals surface area (Å²) in [5.41, 5.74) is 2.03. The van der Waals surface area contributed by atoms with Crippen LogP contribution in [-0.2, 0) is 20.1 Å². The van der Waals surface area contributed by atoms with Crippen LogP contribution in [0.15, 0.2) is 42.7 Å². The number of nitrogens with one attached hydrogen (secondary N) is 1. The molecule has 0 aliphatic rings. The van der Waals surface area contributed by atoms with Crippen LogP contribution in [0.25, 0.3) is 0 Å². The van der Waals surface area contributed by atoms with Crippen molar-refractivity contribution in [3.63, 3.8) is 0 Å². The molecule has 94 valence electrons. The first-order valence-corrected chi connectivity index (χ1v) is 5.70. The Kier molecular flexibility index (Phi) is 3.74. The molecule has 2 aromatic rings. The Hall–Kier alpha value is -2.14. The van der Waals surface area contributed by atoms with E-state index in [1.54, 1.807) is 12.1 Å². The van der Waals surface area contributed by atoms with Crippen LogP contribution in [0.1, 0.15) is 11.1 Å². The number of rotatable bonds is 5. The Morgan fingerprint density at radius 1 is 1.28 bits per heavy atom. The van der Waals surface area contributed by atoms with Crippen LogP contribution in [0.5, 0.6) is 0 Å². The van der Waals surface area contributed by atoms with Gasteiger partial charge in [-0.2, -0.15) is 0 Å². The van der Waals surface area contributed by atoms with Crippen LogP contribution in [0, 0.1) is 10.1 Å². The van der Waals surface area contributed by atoms with Crippen LogP contribution in [-0.4, -0.2) is 9.49 Å². The molecule has 0 radical (unpaired) electrons. The number of hydrogen-bond acceptors (Lipinski definition) is 3. The van der Waals surface area contributed by atoms with E-state index < -0.39 is 0 Å². The average Bonchev–Trinajstić information content (AvgIpc) is 2.75. The van der Waals surface area contributed by atoms with Crippen molar-refractivity contribution < 1.29 is 4.92 Å². The van der Waals surface area contributed by atoms with Gasteiger partial charge in [0.1, 0.15) is 0 Å². The second-order valence-electron chi connectivity index (χ2n) is 4.17. The SMILES string of the molecule is Cn1ccc(CNCc2ccccc2[N+](=O)[O-])c1. The smallest absolute Gasteiger partial charge is 0.273 e. The maximum atomic E-state index is 10.8. The van der Waals surface area contributed by atoms with Crippen LogP contribution >= 0.6 is 0 Å². The van der Waals surface area contributed by atoms with Crippen molar-refractivity contribution in [3.05, 3.63) is 64.0 Å². The van der Waals surface area contributed by atoms with E-state index in [9.17, 15) is 10.1 Å². The van der Waals surface area contributed by atoms with Gasteiger partial charge < -0.3 is 9.88 Å². The summed E-state index contributed by atoms with van der Waals surface area (Å²) in [6, 6.07) is 8.81. The lowest BCUT2D eigenvalue weighted by Gasteiger charge is -2.04. The molecule has 1 aromatic heterocycles. The summed E-state index contributed by atoms with van der Waals surface area (Å²) < 4.78 is 1.97. The van der Waals surface area contributed by atoms with Crippen molar-refractivity contribution in [2.24, 2.45) is 7.05 Å². The zero-order valence-corrected chi connectivity index (χ0v) is 10.2. The second-order valence-corrected chi connectivity index (χ2v) is 4.17. The van der Waals surface area contributed by atoms with E-state index in [1.165, 1.54) is 6.07 Å². The van der Waals surface area contributed by atoms with Gasteiger partial charge in [-0.05, 0) is 11.6 Å². The molecule has 0 bridgehead atoms. The summed E-state index contributed by atoms with van der Waals surface area (Å²) in [4.78, 5) is 10.5. The van der Waals surface area contributed by atoms with Gasteiger partial charge in [-0.25, -0.2) is 0 Å². The van der Waals surface area contributed by atoms with Gasteiger partial charge in [-0.15, -0.1) is 0 Å². The first-order valence-electron chi connectivity index (χ1n) is 5.70. The standard InChI is InChI=1S/C13H15N3O2/c1-15-7-6-11(10-15)8-14-9-12-4-2-3-5-13(12)16(17)18/h2-7,10,14H,8-9H2,1H3. The van der Waals surface area contributed by atoms with E-state index >= 15 is 0 Å². The quantitative estimate of drug-likeness (QED) is 0.649. The summed E-state index contributed by atoms with van der Waals surface area (Å²) in [6.45, 7) is 1.19. The van der Waals surface area contributed by atoms with Gasteiger partial charge in [0.15, 0.2) is 0 Å². The van der Waals surface area contributed by atoms with Crippen molar-refractivity contribution in [2.45, 2.75) is 13.1 Å². The van der Waals surface area contributed by atoms with E-state index in [1.807, 2.05) is 36.1 Å². The molecular weight excluding hydrogens is 230 g/mol. The Morgan fingerprint density at radius 2 is 2.06 bits per heavy atom. The van der Waals surface area contributed by atoms with E-state index in [2.05, 4.69) is 5.32 Å². The Morgan fingerprint density at radius 3 is 2.72 bits per heavy atom. The maximum Gasteiger partial charge on any atom is 0.273 e. The number of nitro benzene ring substituents is 1. The molecular formula is C13H15N3O2. The van der Waals surface area contributed by atoms with E-state index in [0.29, 0.717) is 18.7 Å². The normalized spacial score (nSPS) is 10.5. The topological polar surface area (TPSA) is 60.1 Å². The van der Waals surface area contributed by atoms with Crippen molar-refractivity contribution in [1.82, 2.24) is 9.88 Å². The highest BCUT2D eigenvalue weighted by molar-refractivity contribution is 5.39. The summed E-state index contributed by atoms with van der Waals surface area (Å²) in [7, 11) is 1.96. The third-order valence-electron chi connectivity index (χ3n) is 2.73. The van der Waals surface area contributed by atoms with Crippen LogP contribution in [0.2, 0.25) is 0 Å². The number of aromatic nitrogens is 1. The highest BCUT2D eigenvalue weighted by Gasteiger charge is 2.11. The molecule has 5 nitrogen and oxygen atoms in total. The minimum atomic E-state index is -0.348. The molecule has 0 aliphatic heterocycles. The summed E-state index contributed by atoms with van der Waals surface area (Å²) >= 11 is 0. The highest BCUT2D eigenvalue weighted by Crippen LogP contribution is 2.17. The molecule has 0 spiro atoms. The molecule has 0 atom stereocenters. The third kappa shape index (κ3) is 2.95. The van der Waals surface area contributed by atoms with Gasteiger partial charge in [-0.1, -0.05) is 18.2 Å². The van der Waals surface area contributed by atoms with E-state index in [-0.39, 0.29) is 10.6 Å². The van der Waals surface area contributed by atoms with Gasteiger partial charge >= 0.3 is 0 Å². The van der Waals surface area contributed by atoms with Crippen molar-refractivity contribution in [2.75, 3.05) is 0 Å². The predicted molar refractivity (Wildman–Crippen MR) is 69.1 cm³/mol. The molecule has 0 saturated carbocycles. The lowest BCUT2D eigenvalue weighted by atomic mass is 10.2. The fourth-order valence-corrected chi connectivity index (χ4v) is 1.85. The molecule has 0 unspecified atom stereocenters. The molecule has 2 rings (SSSR count). The monoisotopic (exact) mass is 245 g/mol. The third-order valence-corrected chi connectivity index (χ3v) is 2.73. The Labute approximate surface area is 105 Å². The highest BCUT2D eigenvalue weighted by atomic mass is 16.6. The number of nitro groups is 1. The largest absolute Gasteiger partial charge is 0.357 e. The Bertz CT molecular complexity index is 549. The maximum absolute atomic E-state index is 10.8. The number of hydrogen-bond donors (Lipinski definition) is 1. The first-order chi connectivity index (χ1) is 8.66. The van der Waals surface area contributed by atoms with Crippen LogP contribution < -0.4 is 5.32 Å². The minimum absolute atomic E-state index is 0.165. The number of nitrogens with zero attached hydrogens (tertiary/aromatic N) is 2. The van der Waals surface area contributed by atoms with E-state index in [0.717, 1.165) is 5.56 Å². The summed E-state index contributed by atoms with van der Waals surface area (Å²) in [5.74, 6) is 0. The number of para-hydroxylation sites is 1. The van der Waals surface area contributed by atoms with Crippen molar-refractivity contribution >= 4 is 5.69 Å². The predicted octanol–water partition coefficient (Wildman–Crippen LogP) is 2.22. The van der Waals surface area contributed by atoms with E-state index in [4.69, 9.17) is 0 Å². The van der Waals surface area contributed by atoms with Crippen molar-refractivity contribution in [3.8, 4) is 0 Å². The van der Waals surface area contributed by atoms with Gasteiger partial charge in [0, 0.05) is 44.2 Å². The second kappa shape index (κ2) is 5.46. The molecule has 1 aromatic carbocycles. The van der Waals surface area contributed by atoms with Gasteiger partial charge in [0.25, 0.3) is 5.69 Å². The molecule has 1 heterocycles. The lowest BCUT2D eigenvalue weighted by Crippen LogP contribution is -2.13. The minimum Gasteiger partial charge on any atom is -0.357 e. The van der Waals surface area contributed by atoms with Crippen molar-refractivity contribution in [1.29, 1.82) is 0 Å². The zero-order chi connectivity index (χ0) is 13.0. The summed E-state index contributed by atoms with van der Waals surface area (Å²) in [6.07, 6.45) is 3.99. The number of benzene rings is 1. The summed E-state index contributed by atoms with van der Waals surface area (Å²) in [5, 5.41) is 14.0. The van der Waals surface area contributed by atoms with Crippen LogP contribution in [0.3, 0.4) is 0 Å². The fraction of sp³-hybridized carbons (Fsp3) is 0.231. The van der Waals surface area contributed by atoms with Gasteiger partial charge in [-0.3, -0.25) is 10.1 Å². The van der Waals surface area contributed by atoms with Crippen LogP contribution in [0.4, 0.5) is 5.69 Å². The zero-order valence-electron chi connectivity index (χ0n) is 10.2. The molecule has 0 aliphatic carbocycles.